The Labute approximate surface area is 164 Å². The maximum atomic E-state index is 12.4. The average molecular weight is 377 g/mol. The van der Waals surface area contributed by atoms with Gasteiger partial charge in [0.25, 0.3) is 0 Å². The summed E-state index contributed by atoms with van der Waals surface area (Å²) < 4.78 is 0. The van der Waals surface area contributed by atoms with Gasteiger partial charge in [-0.2, -0.15) is 5.26 Å². The number of nitrogens with one attached hydrogen (secondary N) is 3. The number of aliphatic imine (C=N–C) groups is 1. The van der Waals surface area contributed by atoms with Crippen LogP contribution in [-0.2, 0) is 0 Å². The number of nitrogens with zero attached hydrogens (tertiary/aromatic N) is 4. The Morgan fingerprint density at radius 2 is 2.21 bits per heavy atom. The topological polar surface area (TPSA) is 105 Å². The van der Waals surface area contributed by atoms with Crippen molar-refractivity contribution < 1.29 is 4.79 Å². The van der Waals surface area contributed by atoms with Gasteiger partial charge in [0.2, 0.25) is 0 Å². The Balaban J connectivity index is 1.35. The minimum Gasteiger partial charge on any atom is -0.364 e. The van der Waals surface area contributed by atoms with E-state index in [2.05, 4.69) is 45.0 Å². The van der Waals surface area contributed by atoms with Gasteiger partial charge in [0, 0.05) is 12.6 Å². The molecule has 2 aliphatic heterocycles. The summed E-state index contributed by atoms with van der Waals surface area (Å²) in [5.74, 6) is 0.997. The largest absolute Gasteiger partial charge is 0.364 e. The van der Waals surface area contributed by atoms with Gasteiger partial charge in [0.05, 0.1) is 30.0 Å². The molecule has 0 saturated carbocycles. The summed E-state index contributed by atoms with van der Waals surface area (Å²) in [6.45, 7) is 0.885. The minimum atomic E-state index is -0.263. The van der Waals surface area contributed by atoms with Crippen molar-refractivity contribution in [2.45, 2.75) is 37.0 Å². The molecule has 0 bridgehead atoms. The lowest BCUT2D eigenvalue weighted by Crippen LogP contribution is -2.54. The summed E-state index contributed by atoms with van der Waals surface area (Å²) in [4.78, 5) is 23.5. The maximum Gasteiger partial charge on any atom is 0.319 e. The number of amidine groups is 1. The van der Waals surface area contributed by atoms with Gasteiger partial charge in [-0.05, 0) is 32.0 Å². The number of aromatic nitrogens is 1. The van der Waals surface area contributed by atoms with Gasteiger partial charge < -0.3 is 16.0 Å². The molecule has 2 unspecified atom stereocenters. The molecule has 0 radical (unpaired) electrons. The number of hydrogen-bond donors (Lipinski definition) is 3. The Bertz CT molecular complexity index is 868. The number of likely N-dealkylation sites (N-methyl/N-ethyl adjacent to an activating group) is 1. The molecule has 3 aliphatic rings. The summed E-state index contributed by atoms with van der Waals surface area (Å²) >= 11 is 0. The summed E-state index contributed by atoms with van der Waals surface area (Å²) in [6.07, 6.45) is 11.5. The van der Waals surface area contributed by atoms with E-state index in [4.69, 9.17) is 10.3 Å². The van der Waals surface area contributed by atoms with Gasteiger partial charge in [0.1, 0.15) is 17.6 Å². The highest BCUT2D eigenvalue weighted by molar-refractivity contribution is 5.91. The third-order valence-electron chi connectivity index (χ3n) is 5.37. The Kier molecular flexibility index (Phi) is 5.08. The zero-order valence-corrected chi connectivity index (χ0v) is 15.7. The number of carbonyl (C=O) groups excluding carboxylic acids is 1. The van der Waals surface area contributed by atoms with E-state index in [1.54, 1.807) is 12.1 Å². The van der Waals surface area contributed by atoms with Crippen molar-refractivity contribution in [2.75, 3.05) is 18.9 Å². The van der Waals surface area contributed by atoms with E-state index in [9.17, 15) is 4.79 Å². The zero-order valence-electron chi connectivity index (χ0n) is 15.7. The normalized spacial score (nSPS) is 28.6. The predicted octanol–water partition coefficient (Wildman–Crippen LogP) is 1.40. The Hall–Kier alpha value is -3.18. The average Bonchev–Trinajstić information content (AvgIpc) is 3.14. The molecular formula is C20H23N7O. The highest BCUT2D eigenvalue weighted by Gasteiger charge is 2.35. The number of urea groups is 1. The van der Waals surface area contributed by atoms with E-state index in [-0.39, 0.29) is 30.2 Å². The molecule has 0 spiro atoms. The van der Waals surface area contributed by atoms with Crippen molar-refractivity contribution in [3.05, 3.63) is 48.3 Å². The van der Waals surface area contributed by atoms with Crippen LogP contribution < -0.4 is 16.0 Å². The standard InChI is InChI=1S/C20H23N7O/c1-27-9-8-13(23-20(28)24-15-7-6-14(11-21)22-12-15)10-18(27)19-25-16-4-2-3-5-17(16)26-19/h2-7,12-13,16-18H,8-10H2,1H3,(H,25,26)(H2,23,24,28)/t13-,16?,17?,18-/m1/s1. The molecule has 144 valence electrons. The van der Waals surface area contributed by atoms with E-state index < -0.39 is 0 Å². The lowest BCUT2D eigenvalue weighted by Gasteiger charge is -2.37. The molecule has 1 aliphatic carbocycles. The maximum absolute atomic E-state index is 12.4. The Morgan fingerprint density at radius 3 is 2.96 bits per heavy atom. The fourth-order valence-electron chi connectivity index (χ4n) is 3.82. The van der Waals surface area contributed by atoms with Crippen LogP contribution in [0, 0.1) is 11.3 Å². The molecule has 1 saturated heterocycles. The van der Waals surface area contributed by atoms with Gasteiger partial charge in [-0.1, -0.05) is 24.3 Å². The molecule has 1 aromatic heterocycles. The second-order valence-corrected chi connectivity index (χ2v) is 7.30. The molecule has 8 nitrogen and oxygen atoms in total. The van der Waals surface area contributed by atoms with Crippen LogP contribution in [0.15, 0.2) is 47.6 Å². The number of allylic oxidation sites excluding steroid dienone is 2. The number of anilines is 1. The summed E-state index contributed by atoms with van der Waals surface area (Å²) in [5.41, 5.74) is 0.879. The molecule has 1 aromatic rings. The van der Waals surface area contributed by atoms with E-state index >= 15 is 0 Å². The first-order valence-corrected chi connectivity index (χ1v) is 9.45. The van der Waals surface area contributed by atoms with Gasteiger partial charge in [-0.3, -0.25) is 9.89 Å². The first-order valence-electron chi connectivity index (χ1n) is 9.45. The number of amides is 2. The third kappa shape index (κ3) is 3.89. The van der Waals surface area contributed by atoms with E-state index in [0.29, 0.717) is 11.4 Å². The molecule has 4 atom stereocenters. The molecule has 1 fully saturated rings. The lowest BCUT2D eigenvalue weighted by molar-refractivity contribution is 0.195. The smallest absolute Gasteiger partial charge is 0.319 e. The molecule has 3 heterocycles. The van der Waals surface area contributed by atoms with Crippen molar-refractivity contribution in [3.63, 3.8) is 0 Å². The summed E-state index contributed by atoms with van der Waals surface area (Å²) in [5, 5.41) is 18.1. The highest BCUT2D eigenvalue weighted by atomic mass is 16.2. The fraction of sp³-hybridized carbons (Fsp3) is 0.400. The van der Waals surface area contributed by atoms with Crippen LogP contribution in [-0.4, -0.2) is 59.5 Å². The quantitative estimate of drug-likeness (QED) is 0.738. The van der Waals surface area contributed by atoms with E-state index in [0.717, 1.165) is 25.2 Å². The predicted molar refractivity (Wildman–Crippen MR) is 107 cm³/mol. The van der Waals surface area contributed by atoms with Crippen LogP contribution in [0.4, 0.5) is 10.5 Å². The van der Waals surface area contributed by atoms with Gasteiger partial charge in [-0.25, -0.2) is 9.78 Å². The van der Waals surface area contributed by atoms with Crippen molar-refractivity contribution in [2.24, 2.45) is 4.99 Å². The number of likely N-dealkylation sites (tertiary alicyclic amines) is 1. The monoisotopic (exact) mass is 377 g/mol. The van der Waals surface area contributed by atoms with Crippen LogP contribution in [0.5, 0.6) is 0 Å². The number of carbonyl (C=O) groups is 1. The van der Waals surface area contributed by atoms with Crippen LogP contribution in [0.2, 0.25) is 0 Å². The second-order valence-electron chi connectivity index (χ2n) is 7.30. The summed E-state index contributed by atoms with van der Waals surface area (Å²) in [7, 11) is 2.10. The number of pyridine rings is 1. The SMILES string of the molecule is CN1CC[C@@H](NC(=O)Nc2ccc(C#N)nc2)C[C@@H]1C1=NC2C=CC=CC2N1. The van der Waals surface area contributed by atoms with Crippen molar-refractivity contribution >= 4 is 17.6 Å². The zero-order chi connectivity index (χ0) is 19.5. The van der Waals surface area contributed by atoms with Crippen LogP contribution in [0.1, 0.15) is 18.5 Å². The number of hydrogen-bond acceptors (Lipinski definition) is 6. The first kappa shape index (κ1) is 18.2. The minimum absolute atomic E-state index is 0.0609. The molecule has 2 amide bonds. The van der Waals surface area contributed by atoms with Crippen molar-refractivity contribution in [1.82, 2.24) is 20.5 Å². The highest BCUT2D eigenvalue weighted by Crippen LogP contribution is 2.22. The van der Waals surface area contributed by atoms with Crippen molar-refractivity contribution in [1.29, 1.82) is 5.26 Å². The fourth-order valence-corrected chi connectivity index (χ4v) is 3.82. The van der Waals surface area contributed by atoms with Gasteiger partial charge in [-0.15, -0.1) is 0 Å². The molecule has 3 N–H and O–H groups in total. The van der Waals surface area contributed by atoms with E-state index in [1.165, 1.54) is 6.20 Å². The molecule has 4 rings (SSSR count). The van der Waals surface area contributed by atoms with Crippen LogP contribution in [0.25, 0.3) is 0 Å². The van der Waals surface area contributed by atoms with Gasteiger partial charge in [0.15, 0.2) is 0 Å². The lowest BCUT2D eigenvalue weighted by atomic mass is 9.96. The summed E-state index contributed by atoms with van der Waals surface area (Å²) in [6, 6.07) is 5.55. The van der Waals surface area contributed by atoms with Gasteiger partial charge >= 0.3 is 6.03 Å². The Morgan fingerprint density at radius 1 is 1.36 bits per heavy atom. The van der Waals surface area contributed by atoms with Crippen LogP contribution >= 0.6 is 0 Å². The molecular weight excluding hydrogens is 354 g/mol. The number of rotatable bonds is 3. The van der Waals surface area contributed by atoms with E-state index in [1.807, 2.05) is 18.2 Å². The molecule has 8 heteroatoms. The number of fused-ring (bicyclic) bond motifs is 1. The van der Waals surface area contributed by atoms with Crippen molar-refractivity contribution in [3.8, 4) is 6.07 Å². The third-order valence-corrected chi connectivity index (χ3v) is 5.37. The number of piperidine rings is 1. The first-order chi connectivity index (χ1) is 13.6. The number of nitriles is 1. The molecule has 28 heavy (non-hydrogen) atoms. The second kappa shape index (κ2) is 7.82. The molecule has 0 aromatic carbocycles. The van der Waals surface area contributed by atoms with Crippen LogP contribution in [0.3, 0.4) is 0 Å².